The Kier molecular flexibility index (Phi) is 4.89. The Morgan fingerprint density at radius 3 is 2.50 bits per heavy atom. The molecule has 112 valence electrons. The molecular formula is C11H19N5O3S. The number of β-amino-alcohol motifs (C(OH)–C–C–N with tert-alkyl or cyclic N) is 1. The number of nitrogens with two attached hydrogens (primary N) is 1. The fraction of sp³-hybridized carbons (Fsp3) is 0.545. The molecule has 20 heavy (non-hydrogen) atoms. The van der Waals surface area contributed by atoms with Crippen LogP contribution in [0.5, 0.6) is 0 Å². The average Bonchev–Trinajstić information content (AvgIpc) is 2.48. The molecule has 1 aliphatic rings. The molecule has 1 aromatic heterocycles. The third-order valence-corrected chi connectivity index (χ3v) is 5.15. The number of pyridine rings is 1. The Labute approximate surface area is 118 Å². The van der Waals surface area contributed by atoms with Crippen LogP contribution in [0.4, 0.5) is 5.82 Å². The Bertz CT molecular complexity index is 525. The number of sulfonamides is 1. The summed E-state index contributed by atoms with van der Waals surface area (Å²) >= 11 is 0. The highest BCUT2D eigenvalue weighted by Gasteiger charge is 2.28. The molecule has 1 aliphatic heterocycles. The maximum Gasteiger partial charge on any atom is 0.244 e. The number of hydrogen-bond acceptors (Lipinski definition) is 7. The van der Waals surface area contributed by atoms with E-state index in [9.17, 15) is 8.42 Å². The standard InChI is InChI=1S/C11H19N5O3S/c12-14-11-2-1-10(9-13-11)20(18,19)16-5-3-15(4-6-16)7-8-17/h1-2,9,17H,3-8,12H2,(H,13,14). The molecule has 9 heteroatoms. The van der Waals surface area contributed by atoms with E-state index in [-0.39, 0.29) is 11.5 Å². The highest BCUT2D eigenvalue weighted by atomic mass is 32.2. The average molecular weight is 301 g/mol. The number of aliphatic hydroxyl groups excluding tert-OH is 1. The third kappa shape index (κ3) is 3.25. The molecule has 0 spiro atoms. The van der Waals surface area contributed by atoms with E-state index in [4.69, 9.17) is 10.9 Å². The van der Waals surface area contributed by atoms with Crippen molar-refractivity contribution in [2.45, 2.75) is 4.90 Å². The first-order chi connectivity index (χ1) is 9.57. The molecule has 4 N–H and O–H groups in total. The zero-order valence-electron chi connectivity index (χ0n) is 11.1. The molecule has 1 fully saturated rings. The third-order valence-electron chi connectivity index (χ3n) is 3.27. The largest absolute Gasteiger partial charge is 0.395 e. The van der Waals surface area contributed by atoms with Crippen molar-refractivity contribution in [3.8, 4) is 0 Å². The molecule has 2 heterocycles. The smallest absolute Gasteiger partial charge is 0.244 e. The van der Waals surface area contributed by atoms with Crippen molar-refractivity contribution in [1.29, 1.82) is 0 Å². The van der Waals surface area contributed by atoms with Gasteiger partial charge in [-0.2, -0.15) is 4.31 Å². The number of hydrazine groups is 1. The van der Waals surface area contributed by atoms with Crippen molar-refractivity contribution in [2.75, 3.05) is 44.8 Å². The van der Waals surface area contributed by atoms with E-state index in [0.29, 0.717) is 38.5 Å². The van der Waals surface area contributed by atoms with Crippen LogP contribution in [0, 0.1) is 0 Å². The number of nitrogens with one attached hydrogen (secondary N) is 1. The van der Waals surface area contributed by atoms with Crippen LogP contribution < -0.4 is 11.3 Å². The molecule has 0 radical (unpaired) electrons. The fourth-order valence-corrected chi connectivity index (χ4v) is 3.47. The quantitative estimate of drug-likeness (QED) is 0.456. The van der Waals surface area contributed by atoms with Gasteiger partial charge in [-0.3, -0.25) is 4.90 Å². The van der Waals surface area contributed by atoms with E-state index < -0.39 is 10.0 Å². The van der Waals surface area contributed by atoms with E-state index >= 15 is 0 Å². The second-order valence-corrected chi connectivity index (χ2v) is 6.43. The number of aromatic nitrogens is 1. The minimum absolute atomic E-state index is 0.0875. The zero-order chi connectivity index (χ0) is 14.6. The lowest BCUT2D eigenvalue weighted by Gasteiger charge is -2.33. The summed E-state index contributed by atoms with van der Waals surface area (Å²) in [5.74, 6) is 5.61. The summed E-state index contributed by atoms with van der Waals surface area (Å²) in [4.78, 5) is 6.11. The maximum atomic E-state index is 12.4. The summed E-state index contributed by atoms with van der Waals surface area (Å²) in [5.41, 5.74) is 2.36. The van der Waals surface area contributed by atoms with Gasteiger partial charge >= 0.3 is 0 Å². The molecule has 8 nitrogen and oxygen atoms in total. The lowest BCUT2D eigenvalue weighted by atomic mass is 10.4. The van der Waals surface area contributed by atoms with Gasteiger partial charge in [-0.25, -0.2) is 19.2 Å². The molecule has 1 saturated heterocycles. The zero-order valence-corrected chi connectivity index (χ0v) is 11.9. The SMILES string of the molecule is NNc1ccc(S(=O)(=O)N2CCN(CCO)CC2)cn1. The van der Waals surface area contributed by atoms with Crippen molar-refractivity contribution in [3.63, 3.8) is 0 Å². The molecule has 0 aliphatic carbocycles. The van der Waals surface area contributed by atoms with Crippen LogP contribution in [0.2, 0.25) is 0 Å². The first-order valence-electron chi connectivity index (χ1n) is 6.34. The van der Waals surface area contributed by atoms with Crippen LogP contribution in [0.3, 0.4) is 0 Å². The molecule has 1 aromatic rings. The van der Waals surface area contributed by atoms with Gasteiger partial charge in [0.15, 0.2) is 0 Å². The summed E-state index contributed by atoms with van der Waals surface area (Å²) in [7, 11) is -3.51. The molecular weight excluding hydrogens is 282 g/mol. The van der Waals surface area contributed by atoms with Gasteiger partial charge < -0.3 is 10.5 Å². The summed E-state index contributed by atoms with van der Waals surface area (Å²) in [6.45, 7) is 2.74. The number of piperazine rings is 1. The maximum absolute atomic E-state index is 12.4. The lowest BCUT2D eigenvalue weighted by molar-refractivity contribution is 0.151. The molecule has 0 unspecified atom stereocenters. The van der Waals surface area contributed by atoms with Gasteiger partial charge in [0.05, 0.1) is 6.61 Å². The van der Waals surface area contributed by atoms with Crippen molar-refractivity contribution >= 4 is 15.8 Å². The Hall–Kier alpha value is -1.26. The number of nitrogens with zero attached hydrogens (tertiary/aromatic N) is 3. The predicted octanol–water partition coefficient (Wildman–Crippen LogP) is -1.33. The van der Waals surface area contributed by atoms with Gasteiger partial charge in [-0.1, -0.05) is 0 Å². The highest BCUT2D eigenvalue weighted by Crippen LogP contribution is 2.17. The van der Waals surface area contributed by atoms with Crippen molar-refractivity contribution < 1.29 is 13.5 Å². The van der Waals surface area contributed by atoms with Gasteiger partial charge in [0, 0.05) is 38.9 Å². The van der Waals surface area contributed by atoms with E-state index in [2.05, 4.69) is 10.4 Å². The fourth-order valence-electron chi connectivity index (χ4n) is 2.10. The summed E-state index contributed by atoms with van der Waals surface area (Å²) < 4.78 is 26.3. The first-order valence-corrected chi connectivity index (χ1v) is 7.78. The van der Waals surface area contributed by atoms with Gasteiger partial charge in [0.25, 0.3) is 0 Å². The van der Waals surface area contributed by atoms with Gasteiger partial charge in [-0.05, 0) is 12.1 Å². The Balaban J connectivity index is 2.07. The Morgan fingerprint density at radius 1 is 1.30 bits per heavy atom. The van der Waals surface area contributed by atoms with E-state index in [1.165, 1.54) is 22.6 Å². The molecule has 0 atom stereocenters. The van der Waals surface area contributed by atoms with Gasteiger partial charge in [0.2, 0.25) is 10.0 Å². The lowest BCUT2D eigenvalue weighted by Crippen LogP contribution is -2.49. The number of hydrogen-bond donors (Lipinski definition) is 3. The minimum atomic E-state index is -3.51. The molecule has 0 saturated carbocycles. The highest BCUT2D eigenvalue weighted by molar-refractivity contribution is 7.89. The molecule has 0 bridgehead atoms. The Morgan fingerprint density at radius 2 is 2.00 bits per heavy atom. The van der Waals surface area contributed by atoms with Crippen molar-refractivity contribution in [3.05, 3.63) is 18.3 Å². The van der Waals surface area contributed by atoms with Crippen LogP contribution in [0.1, 0.15) is 0 Å². The van der Waals surface area contributed by atoms with Crippen LogP contribution in [0.25, 0.3) is 0 Å². The van der Waals surface area contributed by atoms with Crippen LogP contribution >= 0.6 is 0 Å². The number of rotatable bonds is 5. The van der Waals surface area contributed by atoms with Gasteiger partial charge in [-0.15, -0.1) is 0 Å². The number of anilines is 1. The minimum Gasteiger partial charge on any atom is -0.395 e. The number of nitrogen functional groups attached to an aromatic ring is 1. The van der Waals surface area contributed by atoms with E-state index in [0.717, 1.165) is 0 Å². The van der Waals surface area contributed by atoms with Crippen molar-refractivity contribution in [2.24, 2.45) is 5.84 Å². The summed E-state index contributed by atoms with van der Waals surface area (Å²) in [6, 6.07) is 3.01. The van der Waals surface area contributed by atoms with Gasteiger partial charge in [0.1, 0.15) is 10.7 Å². The molecule has 0 aromatic carbocycles. The van der Waals surface area contributed by atoms with Crippen molar-refractivity contribution in [1.82, 2.24) is 14.2 Å². The normalized spacial score (nSPS) is 18.1. The van der Waals surface area contributed by atoms with Crippen LogP contribution in [-0.2, 0) is 10.0 Å². The van der Waals surface area contributed by atoms with Crippen LogP contribution in [0.15, 0.2) is 23.2 Å². The monoisotopic (exact) mass is 301 g/mol. The summed E-state index contributed by atoms with van der Waals surface area (Å²) in [5, 5.41) is 8.87. The van der Waals surface area contributed by atoms with E-state index in [1.54, 1.807) is 0 Å². The summed E-state index contributed by atoms with van der Waals surface area (Å²) in [6.07, 6.45) is 1.30. The number of aliphatic hydroxyl groups is 1. The van der Waals surface area contributed by atoms with E-state index in [1.807, 2.05) is 4.90 Å². The molecule has 2 rings (SSSR count). The first kappa shape index (κ1) is 15.1. The topological polar surface area (TPSA) is 112 Å². The second-order valence-electron chi connectivity index (χ2n) is 4.49. The molecule has 0 amide bonds. The van der Waals surface area contributed by atoms with Crippen LogP contribution in [-0.4, -0.2) is 67.0 Å². The predicted molar refractivity (Wildman–Crippen MR) is 74.3 cm³/mol. The second kappa shape index (κ2) is 6.46.